The van der Waals surface area contributed by atoms with E-state index in [-0.39, 0.29) is 0 Å². The van der Waals surface area contributed by atoms with Crippen LogP contribution in [0.15, 0.2) is 0 Å². The summed E-state index contributed by atoms with van der Waals surface area (Å²) >= 11 is 0. The summed E-state index contributed by atoms with van der Waals surface area (Å²) in [6.07, 6.45) is 3.54. The van der Waals surface area contributed by atoms with Crippen molar-refractivity contribution >= 4 is 0 Å². The number of ether oxygens (including phenoxy) is 2. The topological polar surface area (TPSA) is 18.5 Å². The number of unbranched alkanes of at least 4 members (excludes halogenated alkanes) is 1. The highest BCUT2D eigenvalue weighted by Crippen LogP contribution is 1.83. The summed E-state index contributed by atoms with van der Waals surface area (Å²) in [5.41, 5.74) is 0. The number of hydrogen-bond acceptors (Lipinski definition) is 2. The third-order valence-electron chi connectivity index (χ3n) is 1.11. The van der Waals surface area contributed by atoms with Gasteiger partial charge in [0.2, 0.25) is 0 Å². The number of hydrogen-bond donors (Lipinski definition) is 0. The molecule has 0 saturated carbocycles. The average molecular weight is 162 g/mol. The van der Waals surface area contributed by atoms with Crippen LogP contribution in [0, 0.1) is 0 Å². The fraction of sp³-hybridized carbons (Fsp3) is 1.00. The standard InChI is InChI=1S/C5H12O.C4H10O/c1-3-4-5-6-2;1-3-4-5-2/h3-5H2,1-2H3;3-4H2,1-2H3. The summed E-state index contributed by atoms with van der Waals surface area (Å²) in [4.78, 5) is 0. The lowest BCUT2D eigenvalue weighted by Gasteiger charge is -1.89. The maximum absolute atomic E-state index is 4.78. The van der Waals surface area contributed by atoms with Gasteiger partial charge < -0.3 is 9.47 Å². The van der Waals surface area contributed by atoms with Crippen LogP contribution in [0.2, 0.25) is 0 Å². The van der Waals surface area contributed by atoms with Gasteiger partial charge in [-0.15, -0.1) is 0 Å². The highest BCUT2D eigenvalue weighted by molar-refractivity contribution is 4.26. The molecule has 11 heavy (non-hydrogen) atoms. The largest absolute Gasteiger partial charge is 0.385 e. The Morgan fingerprint density at radius 2 is 1.36 bits per heavy atom. The van der Waals surface area contributed by atoms with Gasteiger partial charge >= 0.3 is 0 Å². The molecule has 0 aromatic heterocycles. The normalized spacial score (nSPS) is 8.73. The quantitative estimate of drug-likeness (QED) is 0.578. The van der Waals surface area contributed by atoms with Gasteiger partial charge in [-0.05, 0) is 12.8 Å². The van der Waals surface area contributed by atoms with Crippen LogP contribution in [0.25, 0.3) is 0 Å². The third-order valence-corrected chi connectivity index (χ3v) is 1.11. The maximum atomic E-state index is 4.78. The maximum Gasteiger partial charge on any atom is 0.0462 e. The van der Waals surface area contributed by atoms with Gasteiger partial charge in [-0.2, -0.15) is 0 Å². The monoisotopic (exact) mass is 162 g/mol. The van der Waals surface area contributed by atoms with Crippen LogP contribution < -0.4 is 0 Å². The smallest absolute Gasteiger partial charge is 0.0462 e. The van der Waals surface area contributed by atoms with E-state index >= 15 is 0 Å². The van der Waals surface area contributed by atoms with E-state index in [0.29, 0.717) is 0 Å². The number of methoxy groups -OCH3 is 2. The van der Waals surface area contributed by atoms with E-state index in [9.17, 15) is 0 Å². The van der Waals surface area contributed by atoms with Crippen molar-refractivity contribution in [3.8, 4) is 0 Å². The Bertz CT molecular complexity index is 40.8. The highest BCUT2D eigenvalue weighted by Gasteiger charge is 1.74. The van der Waals surface area contributed by atoms with Gasteiger partial charge in [0, 0.05) is 27.4 Å². The minimum atomic E-state index is 0.889. The van der Waals surface area contributed by atoms with Crippen molar-refractivity contribution in [3.05, 3.63) is 0 Å². The lowest BCUT2D eigenvalue weighted by Crippen LogP contribution is -1.84. The second kappa shape index (κ2) is 16.5. The molecule has 0 N–H and O–H groups in total. The first-order chi connectivity index (χ1) is 5.33. The van der Waals surface area contributed by atoms with E-state index in [4.69, 9.17) is 9.47 Å². The molecule has 0 saturated heterocycles. The van der Waals surface area contributed by atoms with Crippen LogP contribution in [0.4, 0.5) is 0 Å². The fourth-order valence-corrected chi connectivity index (χ4v) is 0.493. The second-order valence-electron chi connectivity index (χ2n) is 2.34. The van der Waals surface area contributed by atoms with Crippen LogP contribution in [-0.4, -0.2) is 27.4 Å². The zero-order valence-electron chi connectivity index (χ0n) is 8.35. The summed E-state index contributed by atoms with van der Waals surface area (Å²) in [6.45, 7) is 6.04. The molecule has 0 amide bonds. The van der Waals surface area contributed by atoms with E-state index < -0.39 is 0 Å². The average Bonchev–Trinajstić information content (AvgIpc) is 2.04. The summed E-state index contributed by atoms with van der Waals surface area (Å²) < 4.78 is 9.47. The van der Waals surface area contributed by atoms with Gasteiger partial charge in [-0.1, -0.05) is 20.3 Å². The van der Waals surface area contributed by atoms with Crippen molar-refractivity contribution in [1.82, 2.24) is 0 Å². The zero-order valence-corrected chi connectivity index (χ0v) is 8.35. The van der Waals surface area contributed by atoms with Crippen LogP contribution in [0.1, 0.15) is 33.1 Å². The van der Waals surface area contributed by atoms with Crippen molar-refractivity contribution in [2.75, 3.05) is 27.4 Å². The highest BCUT2D eigenvalue weighted by atomic mass is 16.5. The van der Waals surface area contributed by atoms with Crippen molar-refractivity contribution in [2.45, 2.75) is 33.1 Å². The molecule has 0 spiro atoms. The van der Waals surface area contributed by atoms with Gasteiger partial charge in [0.1, 0.15) is 0 Å². The molecule has 70 valence electrons. The Labute approximate surface area is 70.9 Å². The second-order valence-corrected chi connectivity index (χ2v) is 2.34. The summed E-state index contributed by atoms with van der Waals surface area (Å²) in [7, 11) is 3.44. The van der Waals surface area contributed by atoms with E-state index in [0.717, 1.165) is 19.6 Å². The molecule has 0 bridgehead atoms. The Morgan fingerprint density at radius 3 is 1.45 bits per heavy atom. The predicted molar refractivity (Wildman–Crippen MR) is 49.0 cm³/mol. The van der Waals surface area contributed by atoms with Crippen LogP contribution in [0.3, 0.4) is 0 Å². The minimum Gasteiger partial charge on any atom is -0.385 e. The zero-order chi connectivity index (χ0) is 8.95. The lowest BCUT2D eigenvalue weighted by atomic mass is 10.4. The third kappa shape index (κ3) is 25.7. The molecule has 0 rings (SSSR count). The first-order valence-corrected chi connectivity index (χ1v) is 4.31. The summed E-state index contributed by atoms with van der Waals surface area (Å²) in [6, 6.07) is 0. The predicted octanol–water partition coefficient (Wildman–Crippen LogP) is 2.48. The molecule has 0 fully saturated rings. The van der Waals surface area contributed by atoms with Crippen molar-refractivity contribution in [3.63, 3.8) is 0 Å². The van der Waals surface area contributed by atoms with Gasteiger partial charge in [-0.25, -0.2) is 0 Å². The van der Waals surface area contributed by atoms with Crippen LogP contribution >= 0.6 is 0 Å². The molecule has 2 nitrogen and oxygen atoms in total. The Morgan fingerprint density at radius 1 is 0.818 bits per heavy atom. The Kier molecular flexibility index (Phi) is 20.2. The van der Waals surface area contributed by atoms with Crippen molar-refractivity contribution < 1.29 is 9.47 Å². The SMILES string of the molecule is CCCCOC.CCCOC. The van der Waals surface area contributed by atoms with E-state index in [2.05, 4.69) is 13.8 Å². The van der Waals surface area contributed by atoms with Gasteiger partial charge in [-0.3, -0.25) is 0 Å². The molecule has 0 aromatic rings. The van der Waals surface area contributed by atoms with Crippen molar-refractivity contribution in [1.29, 1.82) is 0 Å². The van der Waals surface area contributed by atoms with Gasteiger partial charge in [0.25, 0.3) is 0 Å². The first-order valence-electron chi connectivity index (χ1n) is 4.31. The fourth-order valence-electron chi connectivity index (χ4n) is 0.493. The Balaban J connectivity index is 0. The van der Waals surface area contributed by atoms with Crippen molar-refractivity contribution in [2.24, 2.45) is 0 Å². The van der Waals surface area contributed by atoms with Gasteiger partial charge in [0.05, 0.1) is 0 Å². The molecule has 0 aromatic carbocycles. The van der Waals surface area contributed by atoms with Crippen LogP contribution in [0.5, 0.6) is 0 Å². The molecular formula is C9H22O2. The molecule has 0 aliphatic carbocycles. The molecule has 0 unspecified atom stereocenters. The summed E-state index contributed by atoms with van der Waals surface area (Å²) in [5, 5.41) is 0. The number of rotatable bonds is 5. The van der Waals surface area contributed by atoms with Gasteiger partial charge in [0.15, 0.2) is 0 Å². The molecule has 2 heteroatoms. The molecule has 0 atom stereocenters. The van der Waals surface area contributed by atoms with E-state index in [1.807, 2.05) is 0 Å². The minimum absolute atomic E-state index is 0.889. The molecule has 0 radical (unpaired) electrons. The molecule has 0 aliphatic rings. The summed E-state index contributed by atoms with van der Waals surface area (Å²) in [5.74, 6) is 0. The first kappa shape index (κ1) is 13.5. The lowest BCUT2D eigenvalue weighted by molar-refractivity contribution is 0.194. The Hall–Kier alpha value is -0.0800. The molecule has 0 heterocycles. The van der Waals surface area contributed by atoms with Crippen LogP contribution in [-0.2, 0) is 9.47 Å². The van der Waals surface area contributed by atoms with E-state index in [1.165, 1.54) is 12.8 Å². The van der Waals surface area contributed by atoms with E-state index in [1.54, 1.807) is 14.2 Å². The molecule has 0 aliphatic heterocycles. The molecular weight excluding hydrogens is 140 g/mol.